The molecule has 6 nitrogen and oxygen atoms in total. The Morgan fingerprint density at radius 2 is 1.92 bits per heavy atom. The quantitative estimate of drug-likeness (QED) is 0.609. The summed E-state index contributed by atoms with van der Waals surface area (Å²) in [6, 6.07) is 6.65. The van der Waals surface area contributed by atoms with Crippen molar-refractivity contribution in [1.29, 1.82) is 0 Å². The molecule has 0 saturated carbocycles. The first kappa shape index (κ1) is 18.8. The molecule has 0 aliphatic rings. The van der Waals surface area contributed by atoms with E-state index in [9.17, 15) is 8.42 Å². The van der Waals surface area contributed by atoms with Crippen LogP contribution in [0.15, 0.2) is 47.1 Å². The number of thiazole rings is 1. The maximum absolute atomic E-state index is 11.4. The summed E-state index contributed by atoms with van der Waals surface area (Å²) in [6.45, 7) is 0. The molecule has 0 amide bonds. The number of sulfone groups is 1. The normalized spacial score (nSPS) is 10.9. The van der Waals surface area contributed by atoms with Crippen LogP contribution in [0.25, 0.3) is 11.3 Å². The summed E-state index contributed by atoms with van der Waals surface area (Å²) >= 11 is 7.17. The van der Waals surface area contributed by atoms with Gasteiger partial charge < -0.3 is 5.32 Å². The van der Waals surface area contributed by atoms with Crippen LogP contribution in [-0.2, 0) is 9.84 Å². The van der Waals surface area contributed by atoms with Crippen LogP contribution in [-0.4, -0.2) is 29.6 Å². The second-order valence-electron chi connectivity index (χ2n) is 4.69. The van der Waals surface area contributed by atoms with Crippen LogP contribution < -0.4 is 5.32 Å². The van der Waals surface area contributed by atoms with Crippen LogP contribution in [0.4, 0.5) is 10.8 Å². The summed E-state index contributed by atoms with van der Waals surface area (Å²) in [6.07, 6.45) is 4.24. The zero-order valence-corrected chi connectivity index (χ0v) is 16.4. The van der Waals surface area contributed by atoms with Gasteiger partial charge in [0.2, 0.25) is 0 Å². The first-order valence-electron chi connectivity index (χ1n) is 6.42. The minimum Gasteiger partial charge on any atom is -0.330 e. The van der Waals surface area contributed by atoms with Gasteiger partial charge in [0.05, 0.1) is 17.6 Å². The molecule has 3 heterocycles. The van der Waals surface area contributed by atoms with Gasteiger partial charge in [-0.3, -0.25) is 0 Å². The van der Waals surface area contributed by atoms with E-state index in [-0.39, 0.29) is 22.0 Å². The van der Waals surface area contributed by atoms with Crippen molar-refractivity contribution in [2.24, 2.45) is 0 Å². The third-order valence-electron chi connectivity index (χ3n) is 2.89. The predicted octanol–water partition coefficient (Wildman–Crippen LogP) is 3.98. The zero-order valence-electron chi connectivity index (χ0n) is 12.3. The van der Waals surface area contributed by atoms with Crippen LogP contribution in [0.3, 0.4) is 0 Å². The van der Waals surface area contributed by atoms with Crippen molar-refractivity contribution in [3.05, 3.63) is 47.2 Å². The molecule has 0 fully saturated rings. The lowest BCUT2D eigenvalue weighted by molar-refractivity contribution is 0.598. The molecule has 3 aromatic heterocycles. The molecule has 0 aliphatic carbocycles. The third-order valence-corrected chi connectivity index (χ3v) is 4.88. The zero-order chi connectivity index (χ0) is 16.4. The minimum absolute atomic E-state index is 0. The highest BCUT2D eigenvalue weighted by atomic mass is 79.9. The number of halogens is 2. The van der Waals surface area contributed by atoms with Crippen molar-refractivity contribution in [1.82, 2.24) is 15.0 Å². The summed E-state index contributed by atoms with van der Waals surface area (Å²) in [5.41, 5.74) is 2.24. The van der Waals surface area contributed by atoms with Crippen molar-refractivity contribution in [3.8, 4) is 11.3 Å². The van der Waals surface area contributed by atoms with Gasteiger partial charge in [0.15, 0.2) is 20.0 Å². The number of anilines is 2. The molecule has 10 heteroatoms. The lowest BCUT2D eigenvalue weighted by atomic mass is 10.2. The fourth-order valence-electron chi connectivity index (χ4n) is 1.79. The van der Waals surface area contributed by atoms with E-state index in [1.165, 1.54) is 23.6 Å². The molecule has 0 saturated heterocycles. The van der Waals surface area contributed by atoms with E-state index < -0.39 is 9.84 Å². The Balaban J connectivity index is 0.00000208. The van der Waals surface area contributed by atoms with E-state index in [2.05, 4.69) is 20.3 Å². The SMILES string of the molecule is Br.CS(=O)(=O)c1ccc(-c2csc(Nc3ccc(Cl)nc3)n2)cn1. The highest BCUT2D eigenvalue weighted by Crippen LogP contribution is 2.27. The molecule has 24 heavy (non-hydrogen) atoms. The largest absolute Gasteiger partial charge is 0.330 e. The molecule has 0 atom stereocenters. The molecule has 3 rings (SSSR count). The average molecular weight is 448 g/mol. The Morgan fingerprint density at radius 1 is 1.12 bits per heavy atom. The maximum atomic E-state index is 11.4. The fourth-order valence-corrected chi connectivity index (χ4v) is 3.20. The van der Waals surface area contributed by atoms with Crippen molar-refractivity contribution in [3.63, 3.8) is 0 Å². The molecular weight excluding hydrogens is 436 g/mol. The molecule has 0 aromatic carbocycles. The predicted molar refractivity (Wildman–Crippen MR) is 101 cm³/mol. The number of hydrogen-bond acceptors (Lipinski definition) is 7. The Morgan fingerprint density at radius 3 is 2.50 bits per heavy atom. The van der Waals surface area contributed by atoms with E-state index >= 15 is 0 Å². The summed E-state index contributed by atoms with van der Waals surface area (Å²) in [5.74, 6) is 0. The molecule has 0 bridgehead atoms. The Bertz CT molecular complexity index is 928. The highest BCUT2D eigenvalue weighted by molar-refractivity contribution is 8.93. The Labute approximate surface area is 158 Å². The van der Waals surface area contributed by atoms with E-state index in [0.717, 1.165) is 17.5 Å². The van der Waals surface area contributed by atoms with Crippen LogP contribution in [0, 0.1) is 0 Å². The van der Waals surface area contributed by atoms with Gasteiger partial charge in [-0.25, -0.2) is 23.4 Å². The van der Waals surface area contributed by atoms with Gasteiger partial charge in [-0.05, 0) is 24.3 Å². The van der Waals surface area contributed by atoms with Crippen LogP contribution >= 0.6 is 39.9 Å². The number of aromatic nitrogens is 3. The molecule has 0 spiro atoms. The van der Waals surface area contributed by atoms with Crippen LogP contribution in [0.5, 0.6) is 0 Å². The highest BCUT2D eigenvalue weighted by Gasteiger charge is 2.10. The van der Waals surface area contributed by atoms with Crippen molar-refractivity contribution in [2.45, 2.75) is 5.03 Å². The van der Waals surface area contributed by atoms with Crippen molar-refractivity contribution >= 4 is 60.6 Å². The lowest BCUT2D eigenvalue weighted by Crippen LogP contribution is -1.99. The number of nitrogens with one attached hydrogen (secondary N) is 1. The van der Waals surface area contributed by atoms with Gasteiger partial charge >= 0.3 is 0 Å². The molecule has 1 N–H and O–H groups in total. The standard InChI is InChI=1S/C14H11ClN4O2S2.BrH/c1-23(20,21)13-5-2-9(6-17-13)11-8-22-14(19-11)18-10-3-4-12(15)16-7-10;/h2-8H,1H3,(H,18,19);1H. The van der Waals surface area contributed by atoms with Crippen LogP contribution in [0.2, 0.25) is 5.15 Å². The second kappa shape index (κ2) is 7.56. The van der Waals surface area contributed by atoms with E-state index in [4.69, 9.17) is 11.6 Å². The average Bonchev–Trinajstić information content (AvgIpc) is 2.97. The maximum Gasteiger partial charge on any atom is 0.192 e. The number of rotatable bonds is 4. The monoisotopic (exact) mass is 446 g/mol. The number of pyridine rings is 2. The molecule has 0 radical (unpaired) electrons. The number of nitrogens with zero attached hydrogens (tertiary/aromatic N) is 3. The van der Waals surface area contributed by atoms with Gasteiger partial charge in [-0.2, -0.15) is 0 Å². The molecular formula is C14H12BrClN4O2S2. The summed E-state index contributed by atoms with van der Waals surface area (Å²) in [7, 11) is -3.30. The van der Waals surface area contributed by atoms with E-state index in [1.807, 2.05) is 5.38 Å². The lowest BCUT2D eigenvalue weighted by Gasteiger charge is -2.01. The molecule has 126 valence electrons. The van der Waals surface area contributed by atoms with E-state index in [0.29, 0.717) is 16.0 Å². The van der Waals surface area contributed by atoms with Crippen molar-refractivity contribution < 1.29 is 8.42 Å². The van der Waals surface area contributed by atoms with Gasteiger partial charge in [0.25, 0.3) is 0 Å². The summed E-state index contributed by atoms with van der Waals surface area (Å²) < 4.78 is 22.8. The fraction of sp³-hybridized carbons (Fsp3) is 0.0714. The first-order valence-corrected chi connectivity index (χ1v) is 9.57. The Hall–Kier alpha value is -1.55. The summed E-state index contributed by atoms with van der Waals surface area (Å²) in [4.78, 5) is 12.4. The minimum atomic E-state index is -3.30. The van der Waals surface area contributed by atoms with Crippen molar-refractivity contribution in [2.75, 3.05) is 11.6 Å². The van der Waals surface area contributed by atoms with Gasteiger partial charge in [-0.1, -0.05) is 11.6 Å². The van der Waals surface area contributed by atoms with Crippen LogP contribution in [0.1, 0.15) is 0 Å². The molecule has 0 aliphatic heterocycles. The topological polar surface area (TPSA) is 84.8 Å². The Kier molecular flexibility index (Phi) is 5.92. The third kappa shape index (κ3) is 4.50. The van der Waals surface area contributed by atoms with E-state index in [1.54, 1.807) is 24.4 Å². The number of hydrogen-bond donors (Lipinski definition) is 1. The smallest absolute Gasteiger partial charge is 0.192 e. The van der Waals surface area contributed by atoms with Gasteiger partial charge in [0, 0.05) is 23.4 Å². The van der Waals surface area contributed by atoms with Gasteiger partial charge in [-0.15, -0.1) is 28.3 Å². The first-order chi connectivity index (χ1) is 10.9. The summed E-state index contributed by atoms with van der Waals surface area (Å²) in [5, 5.41) is 6.15. The molecule has 0 unspecified atom stereocenters. The molecule has 3 aromatic rings. The van der Waals surface area contributed by atoms with Gasteiger partial charge in [0.1, 0.15) is 5.15 Å². The second-order valence-corrected chi connectivity index (χ2v) is 7.90.